The largest absolute Gasteiger partial charge is 0.416 e. The molecule has 3 heterocycles. The molecule has 4 N–H and O–H groups in total. The van der Waals surface area contributed by atoms with Gasteiger partial charge < -0.3 is 14.9 Å². The lowest BCUT2D eigenvalue weighted by Gasteiger charge is -2.16. The predicted molar refractivity (Wildman–Crippen MR) is 101 cm³/mol. The summed E-state index contributed by atoms with van der Waals surface area (Å²) in [6.07, 6.45) is -7.76. The van der Waals surface area contributed by atoms with Gasteiger partial charge in [0.1, 0.15) is 35.8 Å². The third-order valence-electron chi connectivity index (χ3n) is 4.83. The summed E-state index contributed by atoms with van der Waals surface area (Å²) in [6.45, 7) is -0.648. The van der Waals surface area contributed by atoms with Crippen LogP contribution in [-0.4, -0.2) is 63.1 Å². The Morgan fingerprint density at radius 2 is 1.94 bits per heavy atom. The fraction of sp³-hybridized carbons (Fsp3) is 0.353. The number of imidazole rings is 1. The van der Waals surface area contributed by atoms with Crippen molar-refractivity contribution in [1.82, 2.24) is 19.5 Å². The zero-order valence-corrected chi connectivity index (χ0v) is 16.7. The first-order valence-corrected chi connectivity index (χ1v) is 10.5. The lowest BCUT2D eigenvalue weighted by Crippen LogP contribution is -2.35. The number of ether oxygens (including phenoxy) is 1. The second-order valence-electron chi connectivity index (χ2n) is 6.95. The van der Waals surface area contributed by atoms with Gasteiger partial charge in [-0.1, -0.05) is 12.1 Å². The molecule has 1 aromatic carbocycles. The van der Waals surface area contributed by atoms with Gasteiger partial charge in [-0.2, -0.15) is 21.6 Å². The van der Waals surface area contributed by atoms with Gasteiger partial charge in [0.15, 0.2) is 11.9 Å². The fourth-order valence-electron chi connectivity index (χ4n) is 3.35. The number of nitrogens with two attached hydrogens (primary N) is 1. The van der Waals surface area contributed by atoms with E-state index in [1.807, 2.05) is 0 Å². The van der Waals surface area contributed by atoms with Gasteiger partial charge in [0.25, 0.3) is 0 Å². The number of benzene rings is 1. The molecule has 2 aromatic heterocycles. The second-order valence-corrected chi connectivity index (χ2v) is 8.17. The molecule has 3 aromatic rings. The Morgan fingerprint density at radius 1 is 1.19 bits per heavy atom. The highest BCUT2D eigenvalue weighted by Gasteiger charge is 2.45. The third kappa shape index (κ3) is 4.30. The minimum atomic E-state index is -4.55. The van der Waals surface area contributed by atoms with Crippen LogP contribution in [0.1, 0.15) is 11.8 Å². The summed E-state index contributed by atoms with van der Waals surface area (Å²) in [5.41, 5.74) is -0.374. The molecule has 1 saturated heterocycles. The number of rotatable bonds is 5. The molecule has 11 nitrogen and oxygen atoms in total. The zero-order valence-electron chi connectivity index (χ0n) is 15.9. The molecule has 0 saturated carbocycles. The normalized spacial score (nSPS) is 24.3. The molecule has 4 atom stereocenters. The molecular weight excluding hydrogens is 459 g/mol. The van der Waals surface area contributed by atoms with E-state index in [1.165, 1.54) is 23.0 Å². The van der Waals surface area contributed by atoms with Gasteiger partial charge >= 0.3 is 16.5 Å². The lowest BCUT2D eigenvalue weighted by atomic mass is 10.1. The van der Waals surface area contributed by atoms with Gasteiger partial charge in [0.2, 0.25) is 0 Å². The van der Waals surface area contributed by atoms with Crippen LogP contribution in [0.25, 0.3) is 22.4 Å². The van der Waals surface area contributed by atoms with Crippen molar-refractivity contribution in [3.8, 4) is 11.3 Å². The average Bonchev–Trinajstić information content (AvgIpc) is 3.27. The molecule has 4 rings (SSSR count). The summed E-state index contributed by atoms with van der Waals surface area (Å²) in [4.78, 5) is 12.2. The Labute approximate surface area is 178 Å². The maximum Gasteiger partial charge on any atom is 0.416 e. The van der Waals surface area contributed by atoms with Crippen LogP contribution >= 0.6 is 0 Å². The van der Waals surface area contributed by atoms with E-state index in [0.29, 0.717) is 0 Å². The number of fused-ring (bicyclic) bond motifs is 1. The summed E-state index contributed by atoms with van der Waals surface area (Å²) in [5, 5.41) is 25.3. The number of alkyl halides is 3. The third-order valence-corrected chi connectivity index (χ3v) is 5.29. The van der Waals surface area contributed by atoms with E-state index < -0.39 is 53.2 Å². The number of hydrogen-bond donors (Lipinski definition) is 3. The van der Waals surface area contributed by atoms with Gasteiger partial charge in [0.05, 0.1) is 18.5 Å². The van der Waals surface area contributed by atoms with Crippen LogP contribution < -0.4 is 5.14 Å². The van der Waals surface area contributed by atoms with Gasteiger partial charge in [-0.3, -0.25) is 8.75 Å². The molecule has 172 valence electrons. The first-order chi connectivity index (χ1) is 15.0. The minimum Gasteiger partial charge on any atom is -0.387 e. The van der Waals surface area contributed by atoms with E-state index in [4.69, 9.17) is 9.88 Å². The van der Waals surface area contributed by atoms with E-state index in [1.54, 1.807) is 0 Å². The van der Waals surface area contributed by atoms with E-state index in [2.05, 4.69) is 19.1 Å². The van der Waals surface area contributed by atoms with Gasteiger partial charge in [-0.15, -0.1) is 0 Å². The minimum absolute atomic E-state index is 0.108. The van der Waals surface area contributed by atoms with Crippen molar-refractivity contribution in [1.29, 1.82) is 0 Å². The van der Waals surface area contributed by atoms with Crippen molar-refractivity contribution >= 4 is 21.5 Å². The Hall–Kier alpha value is -2.69. The van der Waals surface area contributed by atoms with Crippen molar-refractivity contribution in [2.75, 3.05) is 6.61 Å². The summed E-state index contributed by atoms with van der Waals surface area (Å²) < 4.78 is 72.4. The van der Waals surface area contributed by atoms with Crippen molar-refractivity contribution in [2.45, 2.75) is 30.7 Å². The van der Waals surface area contributed by atoms with Gasteiger partial charge in [-0.05, 0) is 12.1 Å². The highest BCUT2D eigenvalue weighted by atomic mass is 32.2. The number of aliphatic hydroxyl groups is 2. The van der Waals surface area contributed by atoms with E-state index in [9.17, 15) is 31.8 Å². The van der Waals surface area contributed by atoms with Crippen LogP contribution in [0.3, 0.4) is 0 Å². The standard InChI is InChI=1S/C17H16F3N5O6S/c18-17(19,20)9-3-1-2-8(4-9)11-12-15(23-6-22-11)25(7-24-12)16-14(27)13(26)10(31-16)5-30-32(21,28)29/h1-4,6-7,10,13-14,16,26-27H,5H2,(H2,21,28,29)/t10-,13-,14?,16?/m1/s1. The maximum atomic E-state index is 13.1. The Morgan fingerprint density at radius 3 is 2.62 bits per heavy atom. The predicted octanol–water partition coefficient (Wildman–Crippen LogP) is 0.351. The number of aromatic nitrogens is 4. The first kappa shape index (κ1) is 22.5. The van der Waals surface area contributed by atoms with Crippen LogP contribution in [0.4, 0.5) is 13.2 Å². The average molecular weight is 475 g/mol. The highest BCUT2D eigenvalue weighted by Crippen LogP contribution is 2.35. The van der Waals surface area contributed by atoms with Gasteiger partial charge in [-0.25, -0.2) is 20.1 Å². The zero-order chi connectivity index (χ0) is 23.3. The van der Waals surface area contributed by atoms with E-state index in [-0.39, 0.29) is 22.4 Å². The maximum absolute atomic E-state index is 13.1. The molecule has 2 unspecified atom stereocenters. The van der Waals surface area contributed by atoms with Crippen LogP contribution in [0.2, 0.25) is 0 Å². The number of nitrogens with zero attached hydrogens (tertiary/aromatic N) is 4. The Bertz CT molecular complexity index is 1250. The van der Waals surface area contributed by atoms with E-state index in [0.717, 1.165) is 18.5 Å². The molecule has 0 aliphatic carbocycles. The summed E-state index contributed by atoms with van der Waals surface area (Å²) >= 11 is 0. The molecule has 1 fully saturated rings. The number of aliphatic hydroxyl groups excluding tert-OH is 2. The van der Waals surface area contributed by atoms with Gasteiger partial charge in [0, 0.05) is 5.56 Å². The highest BCUT2D eigenvalue weighted by molar-refractivity contribution is 7.84. The van der Waals surface area contributed by atoms with Crippen LogP contribution in [0.5, 0.6) is 0 Å². The van der Waals surface area contributed by atoms with Crippen molar-refractivity contribution in [3.05, 3.63) is 42.5 Å². The molecule has 1 aliphatic heterocycles. The summed E-state index contributed by atoms with van der Waals surface area (Å²) in [7, 11) is -4.30. The second kappa shape index (κ2) is 8.02. The topological polar surface area (TPSA) is 163 Å². The Balaban J connectivity index is 1.68. The SMILES string of the molecule is NS(=O)(=O)OC[C@H]1OC(n2cnc3c(-c4cccc(C(F)(F)F)c4)ncnc32)C(O)[C@@H]1O. The van der Waals surface area contributed by atoms with Crippen molar-refractivity contribution < 1.29 is 40.7 Å². The fourth-order valence-corrected chi connectivity index (χ4v) is 3.67. The molecule has 32 heavy (non-hydrogen) atoms. The molecule has 0 spiro atoms. The molecular formula is C17H16F3N5O6S. The summed E-state index contributed by atoms with van der Waals surface area (Å²) in [6, 6.07) is 4.52. The number of hydrogen-bond acceptors (Lipinski definition) is 9. The lowest BCUT2D eigenvalue weighted by molar-refractivity contribution is -0.137. The molecule has 1 aliphatic rings. The first-order valence-electron chi connectivity index (χ1n) is 8.99. The molecule has 15 heteroatoms. The molecule has 0 amide bonds. The monoisotopic (exact) mass is 475 g/mol. The van der Waals surface area contributed by atoms with E-state index >= 15 is 0 Å². The van der Waals surface area contributed by atoms with Crippen molar-refractivity contribution in [2.24, 2.45) is 5.14 Å². The van der Waals surface area contributed by atoms with Crippen LogP contribution in [0, 0.1) is 0 Å². The van der Waals surface area contributed by atoms with Crippen molar-refractivity contribution in [3.63, 3.8) is 0 Å². The molecule has 0 radical (unpaired) electrons. The quantitative estimate of drug-likeness (QED) is 0.473. The smallest absolute Gasteiger partial charge is 0.387 e. The van der Waals surface area contributed by atoms with Crippen LogP contribution in [0.15, 0.2) is 36.9 Å². The molecule has 0 bridgehead atoms. The summed E-state index contributed by atoms with van der Waals surface area (Å²) in [5.74, 6) is 0. The Kier molecular flexibility index (Phi) is 5.64. The number of halogens is 3. The van der Waals surface area contributed by atoms with Crippen LogP contribution in [-0.2, 0) is 25.4 Å².